The summed E-state index contributed by atoms with van der Waals surface area (Å²) in [7, 11) is 0. The van der Waals surface area contributed by atoms with E-state index in [0.717, 1.165) is 51.6 Å². The molecule has 3 rings (SSSR count). The van der Waals surface area contributed by atoms with Gasteiger partial charge in [0.2, 0.25) is 0 Å². The van der Waals surface area contributed by atoms with Gasteiger partial charge in [0.05, 0.1) is 16.2 Å². The monoisotopic (exact) mass is 403 g/mol. The highest BCUT2D eigenvalue weighted by molar-refractivity contribution is 5.98. The molecule has 2 aliphatic rings. The van der Waals surface area contributed by atoms with Crippen LogP contribution in [0, 0.1) is 16.0 Å². The topological polar surface area (TPSA) is 102 Å². The molecule has 8 heteroatoms. The number of carbonyl (C=O) groups excluding carboxylic acids is 2. The summed E-state index contributed by atoms with van der Waals surface area (Å²) in [6.45, 7) is 5.27. The van der Waals surface area contributed by atoms with E-state index in [1.54, 1.807) is 6.07 Å². The first-order valence-corrected chi connectivity index (χ1v) is 10.4. The summed E-state index contributed by atoms with van der Waals surface area (Å²) in [5.74, 6) is -0.431. The summed E-state index contributed by atoms with van der Waals surface area (Å²) in [6, 6.07) is 4.39. The summed E-state index contributed by atoms with van der Waals surface area (Å²) in [6.07, 6.45) is 5.08. The van der Waals surface area contributed by atoms with Crippen LogP contribution in [0.2, 0.25) is 0 Å². The quantitative estimate of drug-likeness (QED) is 0.443. The summed E-state index contributed by atoms with van der Waals surface area (Å²) in [5.41, 5.74) is 0.583. The Labute approximate surface area is 170 Å². The smallest absolute Gasteiger partial charge is 0.341 e. The summed E-state index contributed by atoms with van der Waals surface area (Å²) < 4.78 is 5.40. The zero-order chi connectivity index (χ0) is 21.0. The van der Waals surface area contributed by atoms with Crippen molar-refractivity contribution in [2.24, 2.45) is 5.92 Å². The van der Waals surface area contributed by atoms with Crippen LogP contribution in [0.15, 0.2) is 18.2 Å². The van der Waals surface area contributed by atoms with Crippen molar-refractivity contribution in [3.05, 3.63) is 33.9 Å². The molecule has 1 saturated heterocycles. The van der Waals surface area contributed by atoms with E-state index in [-0.39, 0.29) is 23.2 Å². The van der Waals surface area contributed by atoms with E-state index >= 15 is 0 Å². The minimum Gasteiger partial charge on any atom is -0.449 e. The molecule has 1 heterocycles. The zero-order valence-electron chi connectivity index (χ0n) is 17.1. The van der Waals surface area contributed by atoms with Crippen molar-refractivity contribution in [1.29, 1.82) is 0 Å². The Balaban J connectivity index is 1.75. The van der Waals surface area contributed by atoms with Crippen molar-refractivity contribution >= 4 is 23.3 Å². The van der Waals surface area contributed by atoms with E-state index < -0.39 is 17.0 Å². The van der Waals surface area contributed by atoms with Crippen molar-refractivity contribution in [2.45, 2.75) is 64.5 Å². The van der Waals surface area contributed by atoms with Crippen LogP contribution in [0.5, 0.6) is 0 Å². The van der Waals surface area contributed by atoms with Crippen LogP contribution in [0.4, 0.5) is 11.4 Å². The van der Waals surface area contributed by atoms with E-state index in [1.165, 1.54) is 19.1 Å². The van der Waals surface area contributed by atoms with Crippen LogP contribution in [0.25, 0.3) is 0 Å². The molecular weight excluding hydrogens is 374 g/mol. The number of anilines is 1. The zero-order valence-corrected chi connectivity index (χ0v) is 17.1. The molecule has 0 radical (unpaired) electrons. The van der Waals surface area contributed by atoms with Crippen LogP contribution >= 0.6 is 0 Å². The van der Waals surface area contributed by atoms with Gasteiger partial charge in [0.25, 0.3) is 11.6 Å². The van der Waals surface area contributed by atoms with Gasteiger partial charge in [-0.25, -0.2) is 4.79 Å². The van der Waals surface area contributed by atoms with Gasteiger partial charge in [-0.3, -0.25) is 14.9 Å². The van der Waals surface area contributed by atoms with Crippen molar-refractivity contribution < 1.29 is 19.2 Å². The number of rotatable bonds is 6. The van der Waals surface area contributed by atoms with Crippen LogP contribution in [0.3, 0.4) is 0 Å². The fourth-order valence-electron chi connectivity index (χ4n) is 3.99. The van der Waals surface area contributed by atoms with E-state index in [0.29, 0.717) is 11.6 Å². The molecule has 2 fully saturated rings. The normalized spacial score (nSPS) is 19.0. The third kappa shape index (κ3) is 5.25. The number of nitrogens with zero attached hydrogens (tertiary/aromatic N) is 2. The minimum atomic E-state index is -0.961. The van der Waals surface area contributed by atoms with E-state index in [4.69, 9.17) is 4.74 Å². The van der Waals surface area contributed by atoms with Gasteiger partial charge in [0.1, 0.15) is 0 Å². The maximum absolute atomic E-state index is 12.8. The second-order valence-corrected chi connectivity index (χ2v) is 8.17. The van der Waals surface area contributed by atoms with Gasteiger partial charge >= 0.3 is 5.97 Å². The van der Waals surface area contributed by atoms with Crippen molar-refractivity contribution in [1.82, 2.24) is 5.32 Å². The Bertz CT molecular complexity index is 768. The predicted molar refractivity (Wildman–Crippen MR) is 109 cm³/mol. The second kappa shape index (κ2) is 9.24. The molecule has 1 aromatic rings. The number of hydrogen-bond donors (Lipinski definition) is 1. The Morgan fingerprint density at radius 3 is 2.48 bits per heavy atom. The molecule has 8 nitrogen and oxygen atoms in total. The minimum absolute atomic E-state index is 0.132. The number of hydrogen-bond acceptors (Lipinski definition) is 6. The van der Waals surface area contributed by atoms with Crippen molar-refractivity contribution in [3.8, 4) is 0 Å². The molecule has 0 bridgehead atoms. The molecule has 1 N–H and O–H groups in total. The maximum atomic E-state index is 12.8. The standard InChI is InChI=1S/C21H29N3O5/c1-14-9-11-23(12-10-14)19-8-7-17(24(27)28)13-18(19)21(26)29-15(2)20(25)22-16-5-3-4-6-16/h7-8,13-16H,3-6,9-12H2,1-2H3,(H,22,25)/t15-/m1/s1. The molecule has 1 aromatic carbocycles. The maximum Gasteiger partial charge on any atom is 0.341 e. The van der Waals surface area contributed by atoms with E-state index in [2.05, 4.69) is 17.1 Å². The average Bonchev–Trinajstić information content (AvgIpc) is 3.21. The average molecular weight is 403 g/mol. The highest BCUT2D eigenvalue weighted by Crippen LogP contribution is 2.30. The molecule has 1 aliphatic heterocycles. The highest BCUT2D eigenvalue weighted by atomic mass is 16.6. The van der Waals surface area contributed by atoms with Gasteiger partial charge in [-0.15, -0.1) is 0 Å². The van der Waals surface area contributed by atoms with E-state index in [1.807, 2.05) is 0 Å². The molecule has 0 spiro atoms. The number of nitrogens with one attached hydrogen (secondary N) is 1. The number of non-ortho nitro benzene ring substituents is 1. The van der Waals surface area contributed by atoms with Gasteiger partial charge < -0.3 is 15.0 Å². The lowest BCUT2D eigenvalue weighted by Gasteiger charge is -2.33. The Morgan fingerprint density at radius 2 is 1.86 bits per heavy atom. The first-order chi connectivity index (χ1) is 13.8. The molecule has 1 aliphatic carbocycles. The van der Waals surface area contributed by atoms with Gasteiger partial charge in [-0.05, 0) is 44.6 Å². The number of nitro benzene ring substituents is 1. The Morgan fingerprint density at radius 1 is 1.21 bits per heavy atom. The number of nitro groups is 1. The molecular formula is C21H29N3O5. The lowest BCUT2D eigenvalue weighted by Crippen LogP contribution is -2.41. The largest absolute Gasteiger partial charge is 0.449 e. The summed E-state index contributed by atoms with van der Waals surface area (Å²) >= 11 is 0. The molecule has 1 amide bonds. The van der Waals surface area contributed by atoms with Crippen molar-refractivity contribution in [3.63, 3.8) is 0 Å². The molecule has 29 heavy (non-hydrogen) atoms. The number of benzene rings is 1. The van der Waals surface area contributed by atoms with Gasteiger partial charge in [0.15, 0.2) is 6.10 Å². The van der Waals surface area contributed by atoms with Crippen LogP contribution < -0.4 is 10.2 Å². The van der Waals surface area contributed by atoms with Crippen LogP contribution in [0.1, 0.15) is 62.7 Å². The Kier molecular flexibility index (Phi) is 6.71. The third-order valence-corrected chi connectivity index (χ3v) is 5.89. The van der Waals surface area contributed by atoms with E-state index in [9.17, 15) is 19.7 Å². The first-order valence-electron chi connectivity index (χ1n) is 10.4. The number of piperidine rings is 1. The highest BCUT2D eigenvalue weighted by Gasteiger charge is 2.28. The number of esters is 1. The summed E-state index contributed by atoms with van der Waals surface area (Å²) in [4.78, 5) is 37.9. The summed E-state index contributed by atoms with van der Waals surface area (Å²) in [5, 5.41) is 14.1. The van der Waals surface area contributed by atoms with Gasteiger partial charge in [-0.2, -0.15) is 0 Å². The SMILES string of the molecule is CC1CCN(c2ccc([N+](=O)[O-])cc2C(=O)O[C@H](C)C(=O)NC2CCCC2)CC1. The predicted octanol–water partition coefficient (Wildman–Crippen LogP) is 3.44. The Hall–Kier alpha value is -2.64. The lowest BCUT2D eigenvalue weighted by atomic mass is 9.98. The van der Waals surface area contributed by atoms with Crippen molar-refractivity contribution in [2.75, 3.05) is 18.0 Å². The molecule has 0 unspecified atom stereocenters. The number of carbonyl (C=O) groups is 2. The van der Waals surface area contributed by atoms with Crippen LogP contribution in [-0.2, 0) is 9.53 Å². The molecule has 0 aromatic heterocycles. The van der Waals surface area contributed by atoms with Crippen LogP contribution in [-0.4, -0.2) is 42.0 Å². The third-order valence-electron chi connectivity index (χ3n) is 5.89. The van der Waals surface area contributed by atoms with Gasteiger partial charge in [0, 0.05) is 31.3 Å². The molecule has 1 atom stereocenters. The lowest BCUT2D eigenvalue weighted by molar-refractivity contribution is -0.384. The fourth-order valence-corrected chi connectivity index (χ4v) is 3.99. The number of amides is 1. The molecule has 158 valence electrons. The molecule has 1 saturated carbocycles. The fraction of sp³-hybridized carbons (Fsp3) is 0.619. The first kappa shape index (κ1) is 21.1. The second-order valence-electron chi connectivity index (χ2n) is 8.17. The van der Waals surface area contributed by atoms with Gasteiger partial charge in [-0.1, -0.05) is 19.8 Å². The number of ether oxygens (including phenoxy) is 1.